The van der Waals surface area contributed by atoms with Crippen molar-refractivity contribution >= 4 is 23.7 Å². The lowest BCUT2D eigenvalue weighted by Gasteiger charge is -2.47. The van der Waals surface area contributed by atoms with E-state index in [9.17, 15) is 14.4 Å². The molecule has 0 aliphatic carbocycles. The Morgan fingerprint density at radius 1 is 1.05 bits per heavy atom. The van der Waals surface area contributed by atoms with Gasteiger partial charge in [0.25, 0.3) is 5.91 Å². The summed E-state index contributed by atoms with van der Waals surface area (Å²) in [6.07, 6.45) is -0.779. The van der Waals surface area contributed by atoms with Gasteiger partial charge in [0.05, 0.1) is 11.3 Å². The molecule has 19 heavy (non-hydrogen) atoms. The molecule has 98 valence electrons. The first-order chi connectivity index (χ1) is 9.02. The van der Waals surface area contributed by atoms with Gasteiger partial charge in [0, 0.05) is 14.1 Å². The third kappa shape index (κ3) is 1.41. The molecule has 2 aliphatic heterocycles. The minimum Gasteiger partial charge on any atom is -0.314 e. The van der Waals surface area contributed by atoms with Crippen molar-refractivity contribution in [1.29, 1.82) is 0 Å². The number of carbonyl (C=O) groups is 3. The van der Waals surface area contributed by atoms with Crippen molar-refractivity contribution in [2.24, 2.45) is 0 Å². The van der Waals surface area contributed by atoms with Crippen LogP contribution in [0.1, 0.15) is 10.4 Å². The molecule has 0 aromatic heterocycles. The van der Waals surface area contributed by atoms with E-state index in [1.807, 2.05) is 0 Å². The first-order valence-electron chi connectivity index (χ1n) is 5.76. The number of rotatable bonds is 0. The Bertz CT molecular complexity index is 600. The molecule has 2 heterocycles. The summed E-state index contributed by atoms with van der Waals surface area (Å²) in [5.41, 5.74) is 0.927. The fourth-order valence-electron chi connectivity index (χ4n) is 2.33. The van der Waals surface area contributed by atoms with E-state index < -0.39 is 18.4 Å². The maximum absolute atomic E-state index is 12.2. The van der Waals surface area contributed by atoms with Gasteiger partial charge in [0.15, 0.2) is 6.29 Å². The predicted octanol–water partition coefficient (Wildman–Crippen LogP) is 0.637. The molecule has 3 rings (SSSR count). The third-order valence-electron chi connectivity index (χ3n) is 3.36. The topological polar surface area (TPSA) is 73.0 Å². The second kappa shape index (κ2) is 3.71. The van der Waals surface area contributed by atoms with E-state index in [0.29, 0.717) is 11.3 Å². The van der Waals surface area contributed by atoms with Gasteiger partial charge in [-0.3, -0.25) is 14.6 Å². The number of nitrogens with one attached hydrogen (secondary N) is 1. The molecule has 7 nitrogen and oxygen atoms in total. The number of fused-ring (bicyclic) bond motifs is 3. The standard InChI is InChI=1S/C12H12N4O3/c1-14-10-13-9(17)7-5-3-4-6-8(7)16(10)12(19)15(2)11(14)18/h3-6,10H,1-2H3,(H,13,17). The monoisotopic (exact) mass is 260 g/mol. The molecule has 1 fully saturated rings. The minimum atomic E-state index is -0.779. The zero-order valence-corrected chi connectivity index (χ0v) is 10.5. The number of imide groups is 1. The Kier molecular flexibility index (Phi) is 2.25. The zero-order valence-electron chi connectivity index (χ0n) is 10.5. The van der Waals surface area contributed by atoms with Crippen LogP contribution >= 0.6 is 0 Å². The number of hydrogen-bond acceptors (Lipinski definition) is 3. The van der Waals surface area contributed by atoms with Crippen molar-refractivity contribution in [3.63, 3.8) is 0 Å². The summed E-state index contributed by atoms with van der Waals surface area (Å²) in [7, 11) is 2.95. The average molecular weight is 260 g/mol. The van der Waals surface area contributed by atoms with E-state index in [1.165, 1.54) is 23.9 Å². The van der Waals surface area contributed by atoms with Crippen molar-refractivity contribution in [3.05, 3.63) is 29.8 Å². The fourth-order valence-corrected chi connectivity index (χ4v) is 2.33. The lowest BCUT2D eigenvalue weighted by Crippen LogP contribution is -2.71. The van der Waals surface area contributed by atoms with Crippen LogP contribution < -0.4 is 10.2 Å². The number of hydrogen-bond donors (Lipinski definition) is 1. The Morgan fingerprint density at radius 2 is 1.74 bits per heavy atom. The van der Waals surface area contributed by atoms with Gasteiger partial charge in [-0.25, -0.2) is 14.5 Å². The lowest BCUT2D eigenvalue weighted by atomic mass is 10.1. The number of urea groups is 2. The van der Waals surface area contributed by atoms with Gasteiger partial charge in [-0.05, 0) is 12.1 Å². The van der Waals surface area contributed by atoms with E-state index in [-0.39, 0.29) is 5.91 Å². The quantitative estimate of drug-likeness (QED) is 0.744. The second-order valence-electron chi connectivity index (χ2n) is 4.47. The van der Waals surface area contributed by atoms with Gasteiger partial charge >= 0.3 is 12.1 Å². The minimum absolute atomic E-state index is 0.297. The summed E-state index contributed by atoms with van der Waals surface area (Å²) >= 11 is 0. The Hall–Kier alpha value is -2.57. The van der Waals surface area contributed by atoms with Gasteiger partial charge in [0.1, 0.15) is 0 Å². The number of benzene rings is 1. The van der Waals surface area contributed by atoms with Gasteiger partial charge in [-0.1, -0.05) is 12.1 Å². The van der Waals surface area contributed by atoms with Crippen LogP contribution in [0.4, 0.5) is 15.3 Å². The van der Waals surface area contributed by atoms with Gasteiger partial charge < -0.3 is 5.32 Å². The molecule has 7 heteroatoms. The molecule has 0 saturated carbocycles. The molecule has 5 amide bonds. The molecule has 1 N–H and O–H groups in total. The van der Waals surface area contributed by atoms with Crippen molar-refractivity contribution in [2.45, 2.75) is 6.29 Å². The summed E-state index contributed by atoms with van der Waals surface area (Å²) in [4.78, 5) is 39.8. The Balaban J connectivity index is 2.16. The largest absolute Gasteiger partial charge is 0.335 e. The molecular weight excluding hydrogens is 248 g/mol. The van der Waals surface area contributed by atoms with Gasteiger partial charge in [-0.2, -0.15) is 0 Å². The summed E-state index contributed by atoms with van der Waals surface area (Å²) in [5.74, 6) is -0.297. The Morgan fingerprint density at radius 3 is 2.47 bits per heavy atom. The van der Waals surface area contributed by atoms with Crippen LogP contribution in [0, 0.1) is 0 Å². The number of anilines is 1. The highest BCUT2D eigenvalue weighted by molar-refractivity contribution is 6.12. The smallest absolute Gasteiger partial charge is 0.314 e. The molecule has 0 bridgehead atoms. The normalized spacial score (nSPS) is 22.1. The average Bonchev–Trinajstić information content (AvgIpc) is 2.43. The summed E-state index contributed by atoms with van der Waals surface area (Å²) < 4.78 is 0. The van der Waals surface area contributed by atoms with E-state index in [2.05, 4.69) is 5.32 Å². The zero-order chi connectivity index (χ0) is 13.7. The molecule has 2 aliphatic rings. The van der Waals surface area contributed by atoms with E-state index in [0.717, 1.165) is 4.90 Å². The SMILES string of the molecule is CN1C(=O)N(C)C2NC(=O)c3ccccc3N2C1=O. The number of para-hydroxylation sites is 1. The van der Waals surface area contributed by atoms with E-state index >= 15 is 0 Å². The molecule has 1 aromatic rings. The van der Waals surface area contributed by atoms with Crippen LogP contribution in [0.25, 0.3) is 0 Å². The van der Waals surface area contributed by atoms with Crippen molar-refractivity contribution in [3.8, 4) is 0 Å². The first kappa shape index (κ1) is 11.5. The maximum Gasteiger partial charge on any atom is 0.335 e. The summed E-state index contributed by atoms with van der Waals surface area (Å²) in [6.45, 7) is 0. The highest BCUT2D eigenvalue weighted by Gasteiger charge is 2.45. The number of nitrogens with zero attached hydrogens (tertiary/aromatic N) is 3. The van der Waals surface area contributed by atoms with Crippen LogP contribution in [-0.2, 0) is 0 Å². The van der Waals surface area contributed by atoms with Crippen LogP contribution in [0.5, 0.6) is 0 Å². The van der Waals surface area contributed by atoms with Crippen LogP contribution in [-0.4, -0.2) is 48.2 Å². The fraction of sp³-hybridized carbons (Fsp3) is 0.250. The second-order valence-corrected chi connectivity index (χ2v) is 4.47. The number of amides is 5. The first-order valence-corrected chi connectivity index (χ1v) is 5.76. The molecule has 1 unspecified atom stereocenters. The van der Waals surface area contributed by atoms with Gasteiger partial charge in [0.2, 0.25) is 0 Å². The van der Waals surface area contributed by atoms with E-state index in [4.69, 9.17) is 0 Å². The van der Waals surface area contributed by atoms with Crippen molar-refractivity contribution in [2.75, 3.05) is 19.0 Å². The highest BCUT2D eigenvalue weighted by Crippen LogP contribution is 2.30. The number of carbonyl (C=O) groups excluding carboxylic acids is 3. The molecule has 1 aromatic carbocycles. The molecule has 0 radical (unpaired) electrons. The van der Waals surface area contributed by atoms with Crippen molar-refractivity contribution < 1.29 is 14.4 Å². The summed E-state index contributed by atoms with van der Waals surface area (Å²) in [5, 5.41) is 2.65. The van der Waals surface area contributed by atoms with Crippen LogP contribution in [0.2, 0.25) is 0 Å². The summed E-state index contributed by atoms with van der Waals surface area (Å²) in [6, 6.07) is 5.90. The molecule has 1 atom stereocenters. The Labute approximate surface area is 109 Å². The lowest BCUT2D eigenvalue weighted by molar-refractivity contribution is 0.0831. The van der Waals surface area contributed by atoms with E-state index in [1.54, 1.807) is 24.3 Å². The molecular formula is C12H12N4O3. The predicted molar refractivity (Wildman–Crippen MR) is 66.5 cm³/mol. The highest BCUT2D eigenvalue weighted by atomic mass is 16.2. The molecule has 0 spiro atoms. The van der Waals surface area contributed by atoms with Crippen molar-refractivity contribution in [1.82, 2.24) is 15.1 Å². The third-order valence-corrected chi connectivity index (χ3v) is 3.36. The van der Waals surface area contributed by atoms with Gasteiger partial charge in [-0.15, -0.1) is 0 Å². The van der Waals surface area contributed by atoms with Crippen LogP contribution in [0.15, 0.2) is 24.3 Å². The maximum atomic E-state index is 12.2. The molecule has 1 saturated heterocycles. The van der Waals surface area contributed by atoms with Crippen LogP contribution in [0.3, 0.4) is 0 Å².